The van der Waals surface area contributed by atoms with Crippen LogP contribution in [0.25, 0.3) is 0 Å². The molecule has 0 aromatic rings. The van der Waals surface area contributed by atoms with Crippen molar-refractivity contribution in [2.75, 3.05) is 6.61 Å². The molecule has 16 heavy (non-hydrogen) atoms. The fourth-order valence-corrected chi connectivity index (χ4v) is 3.14. The number of rotatable bonds is 8. The largest absolute Gasteiger partial charge is 0.430 e. The Hall–Kier alpha value is 0.0969. The monoisotopic (exact) mass is 248 g/mol. The lowest BCUT2D eigenvalue weighted by Gasteiger charge is -2.35. The smallest absolute Gasteiger partial charge is 0.210 e. The van der Waals surface area contributed by atoms with Crippen molar-refractivity contribution in [1.82, 2.24) is 0 Å². The second-order valence-electron chi connectivity index (χ2n) is 5.27. The van der Waals surface area contributed by atoms with Crippen LogP contribution in [0.15, 0.2) is 0 Å². The Bertz CT molecular complexity index is 187. The summed E-state index contributed by atoms with van der Waals surface area (Å²) in [4.78, 5) is 10.1. The summed E-state index contributed by atoms with van der Waals surface area (Å²) in [5, 5.41) is 0. The molecule has 3 nitrogen and oxygen atoms in total. The highest BCUT2D eigenvalue weighted by Crippen LogP contribution is 2.21. The zero-order chi connectivity index (χ0) is 12.8. The van der Waals surface area contributed by atoms with Crippen molar-refractivity contribution in [2.24, 2.45) is 0 Å². The minimum Gasteiger partial charge on any atom is -0.430 e. The van der Waals surface area contributed by atoms with Crippen LogP contribution in [-0.4, -0.2) is 31.2 Å². The lowest BCUT2D eigenvalue weighted by molar-refractivity contribution is -0.226. The van der Waals surface area contributed by atoms with E-state index >= 15 is 0 Å². The van der Waals surface area contributed by atoms with Gasteiger partial charge < -0.3 is 14.3 Å². The number of hydrogen-bond donors (Lipinski definition) is 1. The quantitative estimate of drug-likeness (QED) is 0.407. The summed E-state index contributed by atoms with van der Waals surface area (Å²) in [5.41, 5.74) is -0.0656. The molecule has 0 saturated heterocycles. The van der Waals surface area contributed by atoms with Gasteiger partial charge in [0.15, 0.2) is 5.79 Å². The Morgan fingerprint density at radius 3 is 2.19 bits per heavy atom. The van der Waals surface area contributed by atoms with E-state index in [0.29, 0.717) is 6.61 Å². The van der Waals surface area contributed by atoms with Gasteiger partial charge in [0.25, 0.3) is 0 Å². The molecule has 0 spiro atoms. The van der Waals surface area contributed by atoms with Crippen LogP contribution in [0.2, 0.25) is 13.1 Å². The van der Waals surface area contributed by atoms with E-state index in [1.54, 1.807) is 0 Å². The molecule has 0 aliphatic heterocycles. The molecule has 1 atom stereocenters. The Labute approximate surface area is 101 Å². The zero-order valence-corrected chi connectivity index (χ0v) is 12.7. The van der Waals surface area contributed by atoms with Gasteiger partial charge >= 0.3 is 0 Å². The van der Waals surface area contributed by atoms with Gasteiger partial charge in [-0.25, -0.2) is 0 Å². The third kappa shape index (κ3) is 6.63. The van der Waals surface area contributed by atoms with E-state index in [4.69, 9.17) is 9.47 Å². The van der Waals surface area contributed by atoms with Crippen LogP contribution in [0.4, 0.5) is 0 Å². The maximum atomic E-state index is 10.1. The Balaban J connectivity index is 4.20. The van der Waals surface area contributed by atoms with E-state index in [-0.39, 0.29) is 5.73 Å². The molecule has 0 aliphatic carbocycles. The average molecular weight is 248 g/mol. The van der Waals surface area contributed by atoms with Crippen LogP contribution in [0, 0.1) is 0 Å². The summed E-state index contributed by atoms with van der Waals surface area (Å²) in [7, 11) is -2.25. The molecule has 0 amide bonds. The molecule has 0 aliphatic rings. The highest BCUT2D eigenvalue weighted by molar-refractivity contribution is 6.71. The first-order valence-corrected chi connectivity index (χ1v) is 9.29. The van der Waals surface area contributed by atoms with Crippen molar-refractivity contribution >= 4 is 8.32 Å². The zero-order valence-electron chi connectivity index (χ0n) is 11.7. The molecule has 4 heteroatoms. The first-order chi connectivity index (χ1) is 7.23. The summed E-state index contributed by atoms with van der Waals surface area (Å²) >= 11 is 0. The molecular formula is C12H28O3Si. The summed E-state index contributed by atoms with van der Waals surface area (Å²) in [6.45, 7) is 12.5. The van der Waals surface area contributed by atoms with Crippen molar-refractivity contribution in [3.63, 3.8) is 0 Å². The van der Waals surface area contributed by atoms with E-state index < -0.39 is 14.1 Å². The van der Waals surface area contributed by atoms with Crippen molar-refractivity contribution in [3.05, 3.63) is 0 Å². The molecule has 0 heterocycles. The van der Waals surface area contributed by atoms with Crippen molar-refractivity contribution in [1.29, 1.82) is 0 Å². The average Bonchev–Trinajstić information content (AvgIpc) is 2.12. The normalized spacial score (nSPS) is 15.2. The first-order valence-electron chi connectivity index (χ1n) is 6.27. The summed E-state index contributed by atoms with van der Waals surface area (Å²) in [6.07, 6.45) is 2.99. The SMILES string of the molecule is CCCCOC(C)(C)OC(CC)[Si](C)(C)O. The van der Waals surface area contributed by atoms with Crippen LogP contribution in [0.5, 0.6) is 0 Å². The van der Waals surface area contributed by atoms with Gasteiger partial charge in [-0.1, -0.05) is 20.3 Å². The third-order valence-electron chi connectivity index (χ3n) is 2.53. The van der Waals surface area contributed by atoms with Crippen molar-refractivity contribution < 1.29 is 14.3 Å². The number of hydrogen-bond acceptors (Lipinski definition) is 3. The molecular weight excluding hydrogens is 220 g/mol. The van der Waals surface area contributed by atoms with Gasteiger partial charge in [-0.2, -0.15) is 0 Å². The minimum absolute atomic E-state index is 0.0656. The van der Waals surface area contributed by atoms with Crippen LogP contribution in [0.1, 0.15) is 47.0 Å². The predicted molar refractivity (Wildman–Crippen MR) is 69.8 cm³/mol. The topological polar surface area (TPSA) is 38.7 Å². The number of ether oxygens (including phenoxy) is 2. The fraction of sp³-hybridized carbons (Fsp3) is 1.00. The molecule has 98 valence electrons. The molecule has 0 aromatic carbocycles. The van der Waals surface area contributed by atoms with E-state index in [0.717, 1.165) is 19.3 Å². The van der Waals surface area contributed by atoms with E-state index in [1.807, 2.05) is 33.9 Å². The third-order valence-corrected chi connectivity index (χ3v) is 4.63. The minimum atomic E-state index is -2.25. The Morgan fingerprint density at radius 1 is 1.25 bits per heavy atom. The highest BCUT2D eigenvalue weighted by Gasteiger charge is 2.34. The van der Waals surface area contributed by atoms with Crippen LogP contribution >= 0.6 is 0 Å². The molecule has 0 saturated carbocycles. The standard InChI is InChI=1S/C12H28O3Si/c1-7-9-10-14-12(3,4)15-11(8-2)16(5,6)13/h11,13H,7-10H2,1-6H3. The molecule has 0 rings (SSSR count). The Morgan fingerprint density at radius 2 is 1.81 bits per heavy atom. The van der Waals surface area contributed by atoms with Crippen LogP contribution in [0.3, 0.4) is 0 Å². The van der Waals surface area contributed by atoms with Gasteiger partial charge in [0.05, 0.1) is 5.73 Å². The second-order valence-corrected chi connectivity index (χ2v) is 9.22. The first kappa shape index (κ1) is 16.1. The van der Waals surface area contributed by atoms with Crippen molar-refractivity contribution in [3.8, 4) is 0 Å². The maximum absolute atomic E-state index is 10.1. The molecule has 1 unspecified atom stereocenters. The van der Waals surface area contributed by atoms with E-state index in [2.05, 4.69) is 6.92 Å². The molecule has 0 fully saturated rings. The second kappa shape index (κ2) is 6.74. The van der Waals surface area contributed by atoms with Gasteiger partial charge in [0.1, 0.15) is 0 Å². The summed E-state index contributed by atoms with van der Waals surface area (Å²) in [6, 6.07) is 0. The number of unbranched alkanes of at least 4 members (excludes halogenated alkanes) is 1. The molecule has 0 bridgehead atoms. The van der Waals surface area contributed by atoms with Crippen LogP contribution in [-0.2, 0) is 9.47 Å². The van der Waals surface area contributed by atoms with Gasteiger partial charge in [-0.3, -0.25) is 0 Å². The fourth-order valence-electron chi connectivity index (χ4n) is 1.57. The molecule has 0 aromatic heterocycles. The van der Waals surface area contributed by atoms with E-state index in [9.17, 15) is 4.80 Å². The highest BCUT2D eigenvalue weighted by atomic mass is 28.4. The van der Waals surface area contributed by atoms with Crippen molar-refractivity contribution in [2.45, 2.75) is 71.6 Å². The van der Waals surface area contributed by atoms with Gasteiger partial charge in [0.2, 0.25) is 8.32 Å². The van der Waals surface area contributed by atoms with Crippen LogP contribution < -0.4 is 0 Å². The lowest BCUT2D eigenvalue weighted by atomic mass is 10.3. The van der Waals surface area contributed by atoms with Gasteiger partial charge in [0, 0.05) is 6.61 Å². The Kier molecular flexibility index (Phi) is 6.78. The van der Waals surface area contributed by atoms with E-state index in [1.165, 1.54) is 0 Å². The molecule has 0 radical (unpaired) electrons. The lowest BCUT2D eigenvalue weighted by Crippen LogP contribution is -2.48. The summed E-state index contributed by atoms with van der Waals surface area (Å²) in [5.74, 6) is -0.594. The van der Waals surface area contributed by atoms with Gasteiger partial charge in [-0.15, -0.1) is 0 Å². The van der Waals surface area contributed by atoms with Gasteiger partial charge in [-0.05, 0) is 39.8 Å². The predicted octanol–water partition coefficient (Wildman–Crippen LogP) is 3.07. The summed E-state index contributed by atoms with van der Waals surface area (Å²) < 4.78 is 11.6. The molecule has 1 N–H and O–H groups in total. The maximum Gasteiger partial charge on any atom is 0.210 e.